The summed E-state index contributed by atoms with van der Waals surface area (Å²) in [6, 6.07) is 16.6. The van der Waals surface area contributed by atoms with Gasteiger partial charge in [0, 0.05) is 22.4 Å². The third-order valence-corrected chi connectivity index (χ3v) is 8.34. The van der Waals surface area contributed by atoms with Crippen LogP contribution in [0, 0.1) is 6.92 Å². The van der Waals surface area contributed by atoms with Crippen LogP contribution in [0.3, 0.4) is 0 Å². The van der Waals surface area contributed by atoms with Crippen molar-refractivity contribution in [3.63, 3.8) is 0 Å². The minimum atomic E-state index is 0.806. The van der Waals surface area contributed by atoms with Crippen LogP contribution in [0.5, 0.6) is 5.75 Å². The first-order valence-electron chi connectivity index (χ1n) is 8.93. The Morgan fingerprint density at radius 1 is 0.897 bits per heavy atom. The second kappa shape index (κ2) is 9.75. The lowest BCUT2D eigenvalue weighted by atomic mass is 10.2. The number of thioether (sulfide) groups is 2. The van der Waals surface area contributed by atoms with Gasteiger partial charge in [-0.3, -0.25) is 0 Å². The van der Waals surface area contributed by atoms with E-state index in [9.17, 15) is 0 Å². The predicted octanol–water partition coefficient (Wildman–Crippen LogP) is 6.56. The van der Waals surface area contributed by atoms with Crippen LogP contribution in [-0.2, 0) is 11.5 Å². The van der Waals surface area contributed by atoms with Crippen molar-refractivity contribution < 1.29 is 4.74 Å². The molecule has 29 heavy (non-hydrogen) atoms. The van der Waals surface area contributed by atoms with E-state index in [0.29, 0.717) is 0 Å². The first-order valence-corrected chi connectivity index (χ1v) is 12.6. The molecule has 148 valence electrons. The van der Waals surface area contributed by atoms with Gasteiger partial charge in [-0.15, -0.1) is 21.5 Å². The molecule has 0 unspecified atom stereocenters. The molecule has 4 aromatic rings. The summed E-state index contributed by atoms with van der Waals surface area (Å²) in [7, 11) is 1.68. The molecule has 0 saturated heterocycles. The fourth-order valence-electron chi connectivity index (χ4n) is 2.52. The first-order chi connectivity index (χ1) is 14.2. The highest BCUT2D eigenvalue weighted by atomic mass is 32.2. The number of methoxy groups -OCH3 is 1. The second-order valence-corrected chi connectivity index (χ2v) is 10.5. The van der Waals surface area contributed by atoms with Gasteiger partial charge in [0.25, 0.3) is 0 Å². The fourth-order valence-corrected chi connectivity index (χ4v) is 6.32. The molecular formula is C21H19N3OS4. The van der Waals surface area contributed by atoms with Gasteiger partial charge in [0.15, 0.2) is 8.68 Å². The zero-order valence-corrected chi connectivity index (χ0v) is 19.3. The highest BCUT2D eigenvalue weighted by molar-refractivity contribution is 8.02. The molecule has 2 aromatic heterocycles. The van der Waals surface area contributed by atoms with Crippen molar-refractivity contribution in [2.24, 2.45) is 0 Å². The van der Waals surface area contributed by atoms with Gasteiger partial charge in [-0.1, -0.05) is 76.8 Å². The van der Waals surface area contributed by atoms with Crippen LogP contribution >= 0.6 is 46.2 Å². The highest BCUT2D eigenvalue weighted by Gasteiger charge is 2.09. The number of benzene rings is 2. The van der Waals surface area contributed by atoms with Gasteiger partial charge in [-0.2, -0.15) is 0 Å². The maximum absolute atomic E-state index is 5.20. The highest BCUT2D eigenvalue weighted by Crippen LogP contribution is 2.33. The predicted molar refractivity (Wildman–Crippen MR) is 124 cm³/mol. The number of rotatable bonds is 8. The van der Waals surface area contributed by atoms with E-state index >= 15 is 0 Å². The van der Waals surface area contributed by atoms with E-state index in [-0.39, 0.29) is 0 Å². The topological polar surface area (TPSA) is 47.9 Å². The van der Waals surface area contributed by atoms with Crippen molar-refractivity contribution in [3.8, 4) is 16.3 Å². The number of hydrogen-bond acceptors (Lipinski definition) is 8. The molecule has 2 aromatic carbocycles. The van der Waals surface area contributed by atoms with Crippen molar-refractivity contribution in [3.05, 3.63) is 70.7 Å². The maximum Gasteiger partial charge on any atom is 0.175 e. The smallest absolute Gasteiger partial charge is 0.175 e. The molecule has 0 saturated carbocycles. The van der Waals surface area contributed by atoms with Gasteiger partial charge in [-0.05, 0) is 24.6 Å². The Hall–Kier alpha value is -1.87. The van der Waals surface area contributed by atoms with Crippen molar-refractivity contribution in [2.75, 3.05) is 7.11 Å². The Morgan fingerprint density at radius 3 is 2.28 bits per heavy atom. The normalized spacial score (nSPS) is 11.0. The molecule has 0 radical (unpaired) electrons. The molecular weight excluding hydrogens is 439 g/mol. The Labute approximate surface area is 186 Å². The zero-order chi connectivity index (χ0) is 20.1. The van der Waals surface area contributed by atoms with Gasteiger partial charge in [-0.25, -0.2) is 4.98 Å². The largest absolute Gasteiger partial charge is 0.497 e. The number of thiazole rings is 1. The van der Waals surface area contributed by atoms with Crippen molar-refractivity contribution >= 4 is 46.2 Å². The summed E-state index contributed by atoms with van der Waals surface area (Å²) in [5.41, 5.74) is 4.76. The molecule has 0 fully saturated rings. The van der Waals surface area contributed by atoms with Crippen LogP contribution in [0.25, 0.3) is 10.6 Å². The van der Waals surface area contributed by atoms with E-state index < -0.39 is 0 Å². The Balaban J connectivity index is 1.29. The molecule has 4 nitrogen and oxygen atoms in total. The summed E-state index contributed by atoms with van der Waals surface area (Å²) in [6.45, 7) is 2.10. The SMILES string of the molecule is COc1ccc(CSc2nnc(SCc3csc(-c4ccc(C)cc4)n3)s2)cc1. The van der Waals surface area contributed by atoms with Gasteiger partial charge < -0.3 is 4.74 Å². The number of aryl methyl sites for hydroxylation is 1. The van der Waals surface area contributed by atoms with Crippen LogP contribution < -0.4 is 4.74 Å². The molecule has 0 aliphatic rings. The van der Waals surface area contributed by atoms with E-state index in [2.05, 4.69) is 58.9 Å². The van der Waals surface area contributed by atoms with Gasteiger partial charge in [0.05, 0.1) is 12.8 Å². The average molecular weight is 458 g/mol. The molecule has 8 heteroatoms. The molecule has 0 bridgehead atoms. The summed E-state index contributed by atoms with van der Waals surface area (Å²) in [5.74, 6) is 2.55. The first kappa shape index (κ1) is 20.4. The lowest BCUT2D eigenvalue weighted by Crippen LogP contribution is -1.84. The zero-order valence-electron chi connectivity index (χ0n) is 16.0. The number of aromatic nitrogens is 3. The van der Waals surface area contributed by atoms with Crippen molar-refractivity contribution in [1.29, 1.82) is 0 Å². The quantitative estimate of drug-likeness (QED) is 0.279. The minimum absolute atomic E-state index is 0.806. The van der Waals surface area contributed by atoms with Crippen LogP contribution in [-0.4, -0.2) is 22.3 Å². The summed E-state index contributed by atoms with van der Waals surface area (Å²) >= 11 is 6.73. The van der Waals surface area contributed by atoms with Crippen molar-refractivity contribution in [2.45, 2.75) is 27.1 Å². The Kier molecular flexibility index (Phi) is 6.86. The standard InChI is InChI=1S/C21H19N3OS4/c1-14-3-7-16(8-4-14)19-22-17(12-26-19)13-28-21-24-23-20(29-21)27-11-15-5-9-18(25-2)10-6-15/h3-10,12H,11,13H2,1-2H3. The minimum Gasteiger partial charge on any atom is -0.497 e. The molecule has 0 N–H and O–H groups in total. The van der Waals surface area contributed by atoms with E-state index in [1.807, 2.05) is 12.1 Å². The molecule has 4 rings (SSSR count). The average Bonchev–Trinajstić information content (AvgIpc) is 3.41. The van der Waals surface area contributed by atoms with Crippen molar-refractivity contribution in [1.82, 2.24) is 15.2 Å². The second-order valence-electron chi connectivity index (χ2n) is 6.27. The van der Waals surface area contributed by atoms with Gasteiger partial charge in [0.1, 0.15) is 10.8 Å². The van der Waals surface area contributed by atoms with Crippen LogP contribution in [0.15, 0.2) is 62.6 Å². The maximum atomic E-state index is 5.20. The monoisotopic (exact) mass is 457 g/mol. The lowest BCUT2D eigenvalue weighted by Gasteiger charge is -2.01. The fraction of sp³-hybridized carbons (Fsp3) is 0.190. The van der Waals surface area contributed by atoms with Crippen LogP contribution in [0.4, 0.5) is 0 Å². The third kappa shape index (κ3) is 5.60. The lowest BCUT2D eigenvalue weighted by molar-refractivity contribution is 0.414. The molecule has 0 spiro atoms. The van der Waals surface area contributed by atoms with Crippen LogP contribution in [0.2, 0.25) is 0 Å². The van der Waals surface area contributed by atoms with E-state index in [4.69, 9.17) is 9.72 Å². The van der Waals surface area contributed by atoms with E-state index in [0.717, 1.165) is 36.6 Å². The number of nitrogens with zero attached hydrogens (tertiary/aromatic N) is 3. The van der Waals surface area contributed by atoms with Gasteiger partial charge in [0.2, 0.25) is 0 Å². The van der Waals surface area contributed by atoms with E-state index in [1.165, 1.54) is 16.7 Å². The third-order valence-electron chi connectivity index (χ3n) is 4.10. The summed E-state index contributed by atoms with van der Waals surface area (Å²) < 4.78 is 7.16. The Morgan fingerprint density at radius 2 is 1.59 bits per heavy atom. The summed E-state index contributed by atoms with van der Waals surface area (Å²) in [6.07, 6.45) is 0. The van der Waals surface area contributed by atoms with Crippen LogP contribution in [0.1, 0.15) is 16.8 Å². The summed E-state index contributed by atoms with van der Waals surface area (Å²) in [5, 5.41) is 11.8. The van der Waals surface area contributed by atoms with E-state index in [1.54, 1.807) is 53.3 Å². The molecule has 0 aliphatic carbocycles. The molecule has 2 heterocycles. The molecule has 0 atom stereocenters. The Bertz CT molecular complexity index is 1060. The van der Waals surface area contributed by atoms with Gasteiger partial charge >= 0.3 is 0 Å². The number of ether oxygens (including phenoxy) is 1. The number of hydrogen-bond donors (Lipinski definition) is 0. The summed E-state index contributed by atoms with van der Waals surface area (Å²) in [4.78, 5) is 4.76. The molecule has 0 aliphatic heterocycles. The molecule has 0 amide bonds.